The van der Waals surface area contributed by atoms with E-state index in [0.717, 1.165) is 39.7 Å². The van der Waals surface area contributed by atoms with Crippen molar-refractivity contribution < 1.29 is 9.15 Å². The summed E-state index contributed by atoms with van der Waals surface area (Å²) in [5.41, 5.74) is 8.98. The second-order valence-corrected chi connectivity index (χ2v) is 18.2. The standard InChI is InChI=1S/C39H33NO3Si/c1-24-14-18-33-31(20-24)39(29-10-6-8-12-36(29)43-37-13-9-7-11-30(37)39)32-23-27(44(3,4)5)16-19-34(32)40(33)26-15-17-28-35(41)21-25(2)42-38(28)22-26/h6-23H,1-5H3. The Morgan fingerprint density at radius 1 is 0.659 bits per heavy atom. The molecule has 6 aromatic rings. The van der Waals surface area contributed by atoms with Gasteiger partial charge >= 0.3 is 0 Å². The molecule has 0 atom stereocenters. The van der Waals surface area contributed by atoms with Gasteiger partial charge in [-0.05, 0) is 61.4 Å². The van der Waals surface area contributed by atoms with Crippen LogP contribution in [-0.4, -0.2) is 8.07 Å². The second-order valence-electron chi connectivity index (χ2n) is 13.1. The largest absolute Gasteiger partial charge is 0.461 e. The van der Waals surface area contributed by atoms with Crippen molar-refractivity contribution >= 4 is 41.3 Å². The first-order valence-electron chi connectivity index (χ1n) is 15.1. The molecule has 5 aromatic carbocycles. The number of benzene rings is 5. The van der Waals surface area contributed by atoms with Crippen LogP contribution in [-0.2, 0) is 5.41 Å². The number of ether oxygens (including phenoxy) is 1. The average molecular weight is 592 g/mol. The zero-order chi connectivity index (χ0) is 30.4. The Morgan fingerprint density at radius 2 is 1.30 bits per heavy atom. The predicted molar refractivity (Wildman–Crippen MR) is 182 cm³/mol. The van der Waals surface area contributed by atoms with E-state index < -0.39 is 13.5 Å². The SMILES string of the molecule is Cc1ccc2c(c1)C1(c3ccccc3Oc3ccccc31)c1cc([Si](C)(C)C)ccc1N2c1ccc2c(=O)cc(C)oc2c1. The molecule has 0 radical (unpaired) electrons. The molecule has 3 heterocycles. The summed E-state index contributed by atoms with van der Waals surface area (Å²) in [5, 5.41) is 1.98. The molecule has 0 bridgehead atoms. The van der Waals surface area contributed by atoms with Crippen LogP contribution < -0.4 is 20.3 Å². The summed E-state index contributed by atoms with van der Waals surface area (Å²) in [5.74, 6) is 2.35. The molecule has 1 spiro atoms. The lowest BCUT2D eigenvalue weighted by molar-refractivity contribution is 0.434. The monoisotopic (exact) mass is 591 g/mol. The van der Waals surface area contributed by atoms with Gasteiger partial charge in [-0.2, -0.15) is 0 Å². The zero-order valence-corrected chi connectivity index (χ0v) is 26.6. The third kappa shape index (κ3) is 3.72. The van der Waals surface area contributed by atoms with E-state index in [1.165, 1.54) is 21.9 Å². The van der Waals surface area contributed by atoms with Crippen LogP contribution >= 0.6 is 0 Å². The highest BCUT2D eigenvalue weighted by Gasteiger charge is 2.51. The van der Waals surface area contributed by atoms with E-state index in [-0.39, 0.29) is 5.43 Å². The Bertz CT molecular complexity index is 2160. The maximum absolute atomic E-state index is 12.8. The molecule has 0 N–H and O–H groups in total. The van der Waals surface area contributed by atoms with Crippen molar-refractivity contribution in [3.05, 3.63) is 153 Å². The van der Waals surface area contributed by atoms with Gasteiger partial charge in [0.1, 0.15) is 22.8 Å². The molecular weight excluding hydrogens is 559 g/mol. The van der Waals surface area contributed by atoms with Crippen LogP contribution in [0.25, 0.3) is 11.0 Å². The lowest BCUT2D eigenvalue weighted by atomic mass is 9.61. The second kappa shape index (κ2) is 9.31. The average Bonchev–Trinajstić information content (AvgIpc) is 3.00. The van der Waals surface area contributed by atoms with Crippen LogP contribution in [0.3, 0.4) is 0 Å². The molecule has 0 aliphatic carbocycles. The van der Waals surface area contributed by atoms with Gasteiger partial charge in [0, 0.05) is 28.9 Å². The van der Waals surface area contributed by atoms with Crippen LogP contribution in [0.4, 0.5) is 17.1 Å². The molecule has 0 unspecified atom stereocenters. The van der Waals surface area contributed by atoms with Gasteiger partial charge in [0.05, 0.1) is 30.2 Å². The van der Waals surface area contributed by atoms with Crippen LogP contribution in [0.15, 0.2) is 118 Å². The Hall–Kier alpha value is -4.87. The normalized spacial score (nSPS) is 14.4. The van der Waals surface area contributed by atoms with Crippen LogP contribution in [0.1, 0.15) is 33.6 Å². The molecule has 1 aromatic heterocycles. The summed E-state index contributed by atoms with van der Waals surface area (Å²) < 4.78 is 12.7. The molecule has 4 nitrogen and oxygen atoms in total. The van der Waals surface area contributed by atoms with E-state index in [1.54, 1.807) is 6.07 Å². The highest BCUT2D eigenvalue weighted by atomic mass is 28.3. The van der Waals surface area contributed by atoms with Crippen molar-refractivity contribution in [2.24, 2.45) is 0 Å². The van der Waals surface area contributed by atoms with Gasteiger partial charge in [-0.3, -0.25) is 4.79 Å². The van der Waals surface area contributed by atoms with Crippen LogP contribution in [0, 0.1) is 13.8 Å². The molecule has 2 aliphatic heterocycles. The van der Waals surface area contributed by atoms with Crippen molar-refractivity contribution in [2.75, 3.05) is 4.90 Å². The summed E-state index contributed by atoms with van der Waals surface area (Å²) in [6.45, 7) is 11.2. The summed E-state index contributed by atoms with van der Waals surface area (Å²) in [6.07, 6.45) is 0. The van der Waals surface area contributed by atoms with Crippen molar-refractivity contribution in [2.45, 2.75) is 38.9 Å². The summed E-state index contributed by atoms with van der Waals surface area (Å²) >= 11 is 0. The maximum Gasteiger partial charge on any atom is 0.192 e. The first-order valence-corrected chi connectivity index (χ1v) is 18.6. The molecule has 216 valence electrons. The van der Waals surface area contributed by atoms with E-state index in [2.05, 4.69) is 116 Å². The van der Waals surface area contributed by atoms with Crippen LogP contribution in [0.5, 0.6) is 11.5 Å². The summed E-state index contributed by atoms with van der Waals surface area (Å²) in [4.78, 5) is 15.1. The number of hydrogen-bond donors (Lipinski definition) is 0. The molecule has 8 rings (SSSR count). The first kappa shape index (κ1) is 26.7. The summed E-state index contributed by atoms with van der Waals surface area (Å²) in [6, 6.07) is 38.3. The molecular formula is C39H33NO3Si. The lowest BCUT2D eigenvalue weighted by Crippen LogP contribution is -2.43. The number of para-hydroxylation sites is 2. The van der Waals surface area contributed by atoms with E-state index in [0.29, 0.717) is 16.7 Å². The van der Waals surface area contributed by atoms with Gasteiger partial charge in [0.2, 0.25) is 0 Å². The minimum Gasteiger partial charge on any atom is -0.461 e. The third-order valence-corrected chi connectivity index (χ3v) is 11.2. The Kier molecular flexibility index (Phi) is 5.66. The van der Waals surface area contributed by atoms with Gasteiger partial charge in [0.15, 0.2) is 5.43 Å². The van der Waals surface area contributed by atoms with E-state index >= 15 is 0 Å². The van der Waals surface area contributed by atoms with Crippen molar-refractivity contribution in [3.8, 4) is 11.5 Å². The minimum atomic E-state index is -1.71. The molecule has 0 amide bonds. The molecule has 0 fully saturated rings. The smallest absolute Gasteiger partial charge is 0.192 e. The zero-order valence-electron chi connectivity index (χ0n) is 25.6. The van der Waals surface area contributed by atoms with E-state index in [4.69, 9.17) is 9.15 Å². The Morgan fingerprint density at radius 3 is 1.98 bits per heavy atom. The number of nitrogens with zero attached hydrogens (tertiary/aromatic N) is 1. The fourth-order valence-electron chi connectivity index (χ4n) is 7.17. The Labute approximate surface area is 258 Å². The first-order chi connectivity index (χ1) is 21.2. The Balaban J connectivity index is 1.54. The van der Waals surface area contributed by atoms with Gasteiger partial charge < -0.3 is 14.1 Å². The molecule has 0 saturated carbocycles. The van der Waals surface area contributed by atoms with Crippen molar-refractivity contribution in [3.63, 3.8) is 0 Å². The molecule has 0 saturated heterocycles. The van der Waals surface area contributed by atoms with Crippen molar-refractivity contribution in [1.82, 2.24) is 0 Å². The number of anilines is 3. The van der Waals surface area contributed by atoms with Gasteiger partial charge in [-0.1, -0.05) is 91.1 Å². The quantitative estimate of drug-likeness (QED) is 0.188. The molecule has 2 aliphatic rings. The van der Waals surface area contributed by atoms with Gasteiger partial charge in [0.25, 0.3) is 0 Å². The fraction of sp³-hybridized carbons (Fsp3) is 0.154. The van der Waals surface area contributed by atoms with Crippen molar-refractivity contribution in [1.29, 1.82) is 0 Å². The van der Waals surface area contributed by atoms with Gasteiger partial charge in [-0.15, -0.1) is 0 Å². The number of hydrogen-bond acceptors (Lipinski definition) is 4. The van der Waals surface area contributed by atoms with E-state index in [9.17, 15) is 4.79 Å². The van der Waals surface area contributed by atoms with E-state index in [1.807, 2.05) is 25.1 Å². The number of rotatable bonds is 2. The number of aryl methyl sites for hydroxylation is 2. The maximum atomic E-state index is 12.8. The lowest BCUT2D eigenvalue weighted by Gasteiger charge is -2.49. The predicted octanol–water partition coefficient (Wildman–Crippen LogP) is 9.23. The van der Waals surface area contributed by atoms with Gasteiger partial charge in [-0.25, -0.2) is 0 Å². The highest BCUT2D eigenvalue weighted by molar-refractivity contribution is 6.88. The van der Waals surface area contributed by atoms with Crippen LogP contribution in [0.2, 0.25) is 19.6 Å². The minimum absolute atomic E-state index is 0.0282. The highest BCUT2D eigenvalue weighted by Crippen LogP contribution is 2.62. The molecule has 44 heavy (non-hydrogen) atoms. The molecule has 5 heteroatoms. The third-order valence-electron chi connectivity index (χ3n) is 9.20. The number of fused-ring (bicyclic) bond motifs is 9. The summed E-state index contributed by atoms with van der Waals surface area (Å²) in [7, 11) is -1.71. The fourth-order valence-corrected chi connectivity index (χ4v) is 8.33. The topological polar surface area (TPSA) is 42.7 Å².